The molecule has 2 aromatic rings. The zero-order valence-corrected chi connectivity index (χ0v) is 12.5. The lowest BCUT2D eigenvalue weighted by Gasteiger charge is -2.24. The maximum atomic E-state index is 12.6. The summed E-state index contributed by atoms with van der Waals surface area (Å²) in [6.07, 6.45) is 2.18. The van der Waals surface area contributed by atoms with E-state index >= 15 is 0 Å². The van der Waals surface area contributed by atoms with E-state index in [1.807, 2.05) is 48.5 Å². The Morgan fingerprint density at radius 2 is 1.24 bits per heavy atom. The number of carbonyl (C=O) groups is 1. The topological polar surface area (TPSA) is 20.3 Å². The van der Waals surface area contributed by atoms with E-state index in [0.29, 0.717) is 0 Å². The summed E-state index contributed by atoms with van der Waals surface area (Å²) in [5.41, 5.74) is 4.81. The average molecular weight is 277 g/mol. The van der Waals surface area contributed by atoms with Crippen LogP contribution in [-0.4, -0.2) is 23.8 Å². The van der Waals surface area contributed by atoms with Crippen LogP contribution in [0.2, 0.25) is 0 Å². The highest BCUT2D eigenvalue weighted by Crippen LogP contribution is 2.35. The molecule has 0 aromatic heterocycles. The molecule has 1 aliphatic carbocycles. The Labute approximate surface area is 125 Å². The second kappa shape index (κ2) is 5.57. The molecule has 21 heavy (non-hydrogen) atoms. The first-order chi connectivity index (χ1) is 10.3. The molecule has 0 atom stereocenters. The Hall–Kier alpha value is -2.35. The van der Waals surface area contributed by atoms with Crippen molar-refractivity contribution in [2.45, 2.75) is 13.8 Å². The molecule has 0 unspecified atom stereocenters. The van der Waals surface area contributed by atoms with Gasteiger partial charge in [-0.05, 0) is 25.0 Å². The van der Waals surface area contributed by atoms with Gasteiger partial charge in [-0.2, -0.15) is 0 Å². The SMILES string of the molecule is CCN(C=C1c2ccccc2C(=O)c2ccccc21)CC. The van der Waals surface area contributed by atoms with E-state index < -0.39 is 0 Å². The fraction of sp³-hybridized carbons (Fsp3) is 0.211. The van der Waals surface area contributed by atoms with Gasteiger partial charge in [-0.3, -0.25) is 4.79 Å². The summed E-state index contributed by atoms with van der Waals surface area (Å²) in [4.78, 5) is 14.9. The first kappa shape index (κ1) is 13.6. The van der Waals surface area contributed by atoms with Crippen molar-refractivity contribution >= 4 is 11.4 Å². The molecule has 0 radical (unpaired) electrons. The van der Waals surface area contributed by atoms with Crippen LogP contribution in [0.3, 0.4) is 0 Å². The molecule has 0 heterocycles. The average Bonchev–Trinajstić information content (AvgIpc) is 2.55. The zero-order valence-electron chi connectivity index (χ0n) is 12.5. The van der Waals surface area contributed by atoms with E-state index in [-0.39, 0.29) is 5.78 Å². The molecule has 2 nitrogen and oxygen atoms in total. The van der Waals surface area contributed by atoms with E-state index in [0.717, 1.165) is 40.9 Å². The third-order valence-corrected chi connectivity index (χ3v) is 4.05. The van der Waals surface area contributed by atoms with E-state index in [1.54, 1.807) is 0 Å². The standard InChI is InChI=1S/C19H19NO/c1-3-20(4-2)13-18-14-9-5-7-11-16(14)19(21)17-12-8-6-10-15(17)18/h5-13H,3-4H2,1-2H3. The van der Waals surface area contributed by atoms with Crippen molar-refractivity contribution in [3.8, 4) is 0 Å². The lowest BCUT2D eigenvalue weighted by molar-refractivity contribution is 0.103. The smallest absolute Gasteiger partial charge is 0.194 e. The van der Waals surface area contributed by atoms with Gasteiger partial charge in [-0.25, -0.2) is 0 Å². The van der Waals surface area contributed by atoms with E-state index in [1.165, 1.54) is 0 Å². The highest BCUT2D eigenvalue weighted by molar-refractivity contribution is 6.18. The summed E-state index contributed by atoms with van der Waals surface area (Å²) in [5, 5.41) is 0. The number of hydrogen-bond donors (Lipinski definition) is 0. The second-order valence-electron chi connectivity index (χ2n) is 5.18. The molecule has 2 aromatic carbocycles. The molecule has 0 saturated carbocycles. The van der Waals surface area contributed by atoms with Crippen molar-refractivity contribution in [3.05, 3.63) is 77.0 Å². The largest absolute Gasteiger partial charge is 0.377 e. The number of nitrogens with zero attached hydrogens (tertiary/aromatic N) is 1. The molecular formula is C19H19NO. The predicted octanol–water partition coefficient (Wildman–Crippen LogP) is 3.96. The summed E-state index contributed by atoms with van der Waals surface area (Å²) >= 11 is 0. The lowest BCUT2D eigenvalue weighted by atomic mass is 9.82. The molecular weight excluding hydrogens is 258 g/mol. The zero-order chi connectivity index (χ0) is 14.8. The van der Waals surface area contributed by atoms with Gasteiger partial charge >= 0.3 is 0 Å². The van der Waals surface area contributed by atoms with Gasteiger partial charge in [0.15, 0.2) is 5.78 Å². The third-order valence-electron chi connectivity index (χ3n) is 4.05. The molecule has 1 aliphatic rings. The van der Waals surface area contributed by atoms with Crippen molar-refractivity contribution < 1.29 is 4.79 Å². The van der Waals surface area contributed by atoms with Gasteiger partial charge in [-0.15, -0.1) is 0 Å². The normalized spacial score (nSPS) is 12.7. The molecule has 0 spiro atoms. The Bertz CT molecular complexity index is 660. The minimum Gasteiger partial charge on any atom is -0.377 e. The molecule has 0 amide bonds. The summed E-state index contributed by atoms with van der Waals surface area (Å²) < 4.78 is 0. The summed E-state index contributed by atoms with van der Waals surface area (Å²) in [5.74, 6) is 0.123. The maximum absolute atomic E-state index is 12.6. The van der Waals surface area contributed by atoms with Crippen molar-refractivity contribution in [1.29, 1.82) is 0 Å². The minimum atomic E-state index is 0.123. The fourth-order valence-electron chi connectivity index (χ4n) is 2.85. The number of fused-ring (bicyclic) bond motifs is 2. The van der Waals surface area contributed by atoms with Gasteiger partial charge in [0, 0.05) is 36.0 Å². The van der Waals surface area contributed by atoms with Crippen LogP contribution in [0.15, 0.2) is 54.7 Å². The maximum Gasteiger partial charge on any atom is 0.194 e. The van der Waals surface area contributed by atoms with Crippen molar-refractivity contribution in [1.82, 2.24) is 4.90 Å². The van der Waals surface area contributed by atoms with Crippen molar-refractivity contribution in [3.63, 3.8) is 0 Å². The molecule has 0 N–H and O–H groups in total. The first-order valence-electron chi connectivity index (χ1n) is 7.45. The quantitative estimate of drug-likeness (QED) is 0.722. The van der Waals surface area contributed by atoms with Gasteiger partial charge < -0.3 is 4.90 Å². The summed E-state index contributed by atoms with van der Waals surface area (Å²) in [7, 11) is 0. The molecule has 0 aliphatic heterocycles. The lowest BCUT2D eigenvalue weighted by Crippen LogP contribution is -2.19. The van der Waals surface area contributed by atoms with Crippen LogP contribution in [0, 0.1) is 0 Å². The number of ketones is 1. The van der Waals surface area contributed by atoms with Gasteiger partial charge in [0.2, 0.25) is 0 Å². The van der Waals surface area contributed by atoms with Crippen molar-refractivity contribution in [2.75, 3.05) is 13.1 Å². The predicted molar refractivity (Wildman–Crippen MR) is 86.3 cm³/mol. The molecule has 2 heteroatoms. The third kappa shape index (κ3) is 2.27. The van der Waals surface area contributed by atoms with E-state index in [9.17, 15) is 4.79 Å². The van der Waals surface area contributed by atoms with Crippen LogP contribution in [0.5, 0.6) is 0 Å². The number of rotatable bonds is 3. The van der Waals surface area contributed by atoms with Gasteiger partial charge in [0.25, 0.3) is 0 Å². The highest BCUT2D eigenvalue weighted by atomic mass is 16.1. The number of carbonyl (C=O) groups excluding carboxylic acids is 1. The Morgan fingerprint density at radius 1 is 0.810 bits per heavy atom. The van der Waals surface area contributed by atoms with Crippen molar-refractivity contribution in [2.24, 2.45) is 0 Å². The van der Waals surface area contributed by atoms with E-state index in [4.69, 9.17) is 0 Å². The van der Waals surface area contributed by atoms with Crippen LogP contribution < -0.4 is 0 Å². The summed E-state index contributed by atoms with van der Waals surface area (Å²) in [6.45, 7) is 6.20. The van der Waals surface area contributed by atoms with Crippen LogP contribution in [0.4, 0.5) is 0 Å². The van der Waals surface area contributed by atoms with E-state index in [2.05, 4.69) is 24.9 Å². The minimum absolute atomic E-state index is 0.123. The second-order valence-corrected chi connectivity index (χ2v) is 5.18. The van der Waals surface area contributed by atoms with Crippen LogP contribution in [-0.2, 0) is 0 Å². The fourth-order valence-corrected chi connectivity index (χ4v) is 2.85. The van der Waals surface area contributed by atoms with Crippen LogP contribution in [0.1, 0.15) is 40.9 Å². The Balaban J connectivity index is 2.25. The van der Waals surface area contributed by atoms with Gasteiger partial charge in [0.05, 0.1) is 0 Å². The molecule has 0 fully saturated rings. The number of hydrogen-bond acceptors (Lipinski definition) is 2. The first-order valence-corrected chi connectivity index (χ1v) is 7.45. The monoisotopic (exact) mass is 277 g/mol. The van der Waals surface area contributed by atoms with Crippen LogP contribution >= 0.6 is 0 Å². The van der Waals surface area contributed by atoms with Gasteiger partial charge in [0.1, 0.15) is 0 Å². The molecule has 0 saturated heterocycles. The summed E-state index contributed by atoms with van der Waals surface area (Å²) in [6, 6.07) is 15.8. The Morgan fingerprint density at radius 3 is 1.67 bits per heavy atom. The molecule has 106 valence electrons. The van der Waals surface area contributed by atoms with Crippen LogP contribution in [0.25, 0.3) is 5.57 Å². The van der Waals surface area contributed by atoms with Gasteiger partial charge in [-0.1, -0.05) is 48.5 Å². The number of benzene rings is 2. The highest BCUT2D eigenvalue weighted by Gasteiger charge is 2.26. The Kier molecular flexibility index (Phi) is 3.61. The molecule has 0 bridgehead atoms. The molecule has 3 rings (SSSR count).